The average Bonchev–Trinajstić information content (AvgIpc) is 3.62. The fourth-order valence-electron chi connectivity index (χ4n) is 7.19. The Morgan fingerprint density at radius 2 is 1.78 bits per heavy atom. The molecule has 7 rings (SSSR count). The smallest absolute Gasteiger partial charge is 0.293 e. The van der Waals surface area contributed by atoms with Crippen LogP contribution in [0.2, 0.25) is 5.02 Å². The molecule has 55 heavy (non-hydrogen) atoms. The first kappa shape index (κ1) is 38.2. The Morgan fingerprint density at radius 1 is 1.09 bits per heavy atom. The molecule has 0 radical (unpaired) electrons. The van der Waals surface area contributed by atoms with Gasteiger partial charge in [-0.25, -0.2) is 31.0 Å². The second-order valence-electron chi connectivity index (χ2n) is 13.5. The lowest BCUT2D eigenvalue weighted by atomic mass is 9.93. The number of hydrogen-bond acceptors (Lipinski definition) is 7. The van der Waals surface area contributed by atoms with Gasteiger partial charge in [0.15, 0.2) is 5.82 Å². The van der Waals surface area contributed by atoms with Gasteiger partial charge in [0.05, 0.1) is 33.9 Å². The fourth-order valence-corrected chi connectivity index (χ4v) is 7.93. The third-order valence-electron chi connectivity index (χ3n) is 9.33. The molecule has 3 N–H and O–H groups in total. The Bertz CT molecular complexity index is 2550. The number of benzene rings is 2. The molecule has 2 aliphatic carbocycles. The van der Waals surface area contributed by atoms with Gasteiger partial charge in [-0.2, -0.15) is 19.0 Å². The molecular weight excluding hydrogens is 776 g/mol. The Kier molecular flexibility index (Phi) is 9.63. The van der Waals surface area contributed by atoms with Gasteiger partial charge < -0.3 is 10.4 Å². The van der Waals surface area contributed by atoms with E-state index in [0.29, 0.717) is 21.8 Å². The van der Waals surface area contributed by atoms with E-state index in [0.717, 1.165) is 18.4 Å². The van der Waals surface area contributed by atoms with Gasteiger partial charge in [0.2, 0.25) is 15.9 Å². The number of aliphatic hydroxyl groups is 1. The van der Waals surface area contributed by atoms with Gasteiger partial charge >= 0.3 is 0 Å². The summed E-state index contributed by atoms with van der Waals surface area (Å²) in [6.45, 7) is 0.500. The van der Waals surface area contributed by atoms with Crippen LogP contribution < -0.4 is 10.0 Å². The number of fused-ring (bicyclic) bond motifs is 4. The Labute approximate surface area is 314 Å². The quantitative estimate of drug-likeness (QED) is 0.114. The molecule has 0 spiro atoms. The summed E-state index contributed by atoms with van der Waals surface area (Å²) < 4.78 is 116. The minimum Gasteiger partial charge on any atom is -0.381 e. The van der Waals surface area contributed by atoms with E-state index in [1.165, 1.54) is 30.8 Å². The fraction of sp³-hybridized carbons (Fsp3) is 0.333. The van der Waals surface area contributed by atoms with E-state index in [-0.39, 0.29) is 57.1 Å². The van der Waals surface area contributed by atoms with E-state index >= 15 is 8.78 Å². The highest BCUT2D eigenvalue weighted by molar-refractivity contribution is 7.92. The highest BCUT2D eigenvalue weighted by Gasteiger charge is 2.67. The standard InChI is InChI=1S/C36H30ClF6N7O4S/c1-16(51)4-5-20-6-7-21(22-8-9-25(37)29-32(22)49(2)47-35(29)48-55(3,53)54)30(44-20)26(12-17-10-18(38)13-19(39)11-17)45-27(52)15-50-33-28(31(46-50)34(40)41)23-14-24(23)36(33,42)43/h6-11,13,16,23-24,26,34,51H,12,14-15H2,1-3H3,(H,45,52)(H,47,48)/t16-,23?,24-,26+/m1/s1. The molecule has 0 bridgehead atoms. The van der Waals surface area contributed by atoms with Gasteiger partial charge in [-0.05, 0) is 67.5 Å². The zero-order valence-corrected chi connectivity index (χ0v) is 30.6. The van der Waals surface area contributed by atoms with Crippen molar-refractivity contribution in [1.29, 1.82) is 0 Å². The molecule has 1 saturated carbocycles. The number of anilines is 1. The molecule has 1 amide bonds. The molecule has 2 aromatic carbocycles. The molecule has 5 aromatic rings. The van der Waals surface area contributed by atoms with Gasteiger partial charge in [-0.15, -0.1) is 0 Å². The van der Waals surface area contributed by atoms with E-state index in [1.54, 1.807) is 12.1 Å². The number of alkyl halides is 4. The summed E-state index contributed by atoms with van der Waals surface area (Å²) in [4.78, 5) is 18.5. The molecule has 1 unspecified atom stereocenters. The molecule has 11 nitrogen and oxygen atoms in total. The van der Waals surface area contributed by atoms with Crippen molar-refractivity contribution in [2.24, 2.45) is 13.0 Å². The first-order chi connectivity index (χ1) is 25.8. The largest absolute Gasteiger partial charge is 0.381 e. The normalized spacial score (nSPS) is 18.0. The zero-order chi connectivity index (χ0) is 39.7. The first-order valence-corrected chi connectivity index (χ1v) is 18.9. The van der Waals surface area contributed by atoms with Gasteiger partial charge in [0, 0.05) is 35.7 Å². The number of rotatable bonds is 10. The van der Waals surface area contributed by atoms with Crippen molar-refractivity contribution in [1.82, 2.24) is 29.9 Å². The highest BCUT2D eigenvalue weighted by Crippen LogP contribution is 2.68. The first-order valence-electron chi connectivity index (χ1n) is 16.7. The van der Waals surface area contributed by atoms with Crippen molar-refractivity contribution >= 4 is 44.3 Å². The highest BCUT2D eigenvalue weighted by atomic mass is 35.5. The van der Waals surface area contributed by atoms with Crippen molar-refractivity contribution in [3.8, 4) is 23.0 Å². The molecule has 3 heterocycles. The summed E-state index contributed by atoms with van der Waals surface area (Å²) in [6.07, 6.45) is -3.63. The lowest BCUT2D eigenvalue weighted by molar-refractivity contribution is -0.123. The van der Waals surface area contributed by atoms with Crippen molar-refractivity contribution in [3.63, 3.8) is 0 Å². The number of aryl methyl sites for hydroxylation is 1. The van der Waals surface area contributed by atoms with Crippen LogP contribution in [0.15, 0.2) is 42.5 Å². The van der Waals surface area contributed by atoms with E-state index < -0.39 is 81.8 Å². The topological polar surface area (TPSA) is 144 Å². The Hall–Kier alpha value is -5.12. The van der Waals surface area contributed by atoms with Crippen molar-refractivity contribution in [2.45, 2.75) is 56.7 Å². The molecule has 19 heteroatoms. The maximum absolute atomic E-state index is 15.3. The molecule has 0 saturated heterocycles. The Morgan fingerprint density at radius 3 is 2.44 bits per heavy atom. The molecule has 0 aliphatic heterocycles. The minimum atomic E-state index is -3.82. The third-order valence-corrected chi connectivity index (χ3v) is 10.2. The Balaban J connectivity index is 1.38. The minimum absolute atomic E-state index is 0.0209. The number of carbonyl (C=O) groups excluding carboxylic acids is 1. The van der Waals surface area contributed by atoms with Crippen LogP contribution in [0.25, 0.3) is 22.0 Å². The molecule has 4 atom stereocenters. The van der Waals surface area contributed by atoms with E-state index in [4.69, 9.17) is 11.6 Å². The predicted molar refractivity (Wildman–Crippen MR) is 189 cm³/mol. The van der Waals surface area contributed by atoms with Crippen LogP contribution in [0, 0.1) is 29.4 Å². The maximum atomic E-state index is 15.3. The summed E-state index contributed by atoms with van der Waals surface area (Å²) in [5.74, 6) is -3.12. The molecule has 288 valence electrons. The maximum Gasteiger partial charge on any atom is 0.293 e. The van der Waals surface area contributed by atoms with Gasteiger partial charge in [-0.1, -0.05) is 23.6 Å². The summed E-state index contributed by atoms with van der Waals surface area (Å²) in [5.41, 5.74) is -0.743. The second kappa shape index (κ2) is 13.9. The van der Waals surface area contributed by atoms with Crippen LogP contribution in [0.4, 0.5) is 32.2 Å². The van der Waals surface area contributed by atoms with Crippen LogP contribution in [0.5, 0.6) is 0 Å². The number of aromatic nitrogens is 5. The molecular formula is C36H30ClF6N7O4S. The van der Waals surface area contributed by atoms with E-state index in [1.807, 2.05) is 0 Å². The number of aliphatic hydroxyl groups excluding tert-OH is 1. The molecule has 2 aliphatic rings. The number of nitrogens with one attached hydrogen (secondary N) is 2. The SMILES string of the molecule is C[C@@H](O)C#Cc1ccc(-c2ccc(Cl)c3c(NS(C)(=O)=O)nn(C)c23)c([C@H](Cc2cc(F)cc(F)c2)NC(=O)Cn2nc(C(F)F)c3c2C(F)(F)[C@@H]2CC32)n1. The average molecular weight is 806 g/mol. The summed E-state index contributed by atoms with van der Waals surface area (Å²) in [5, 5.41) is 20.9. The van der Waals surface area contributed by atoms with Gasteiger partial charge in [-0.3, -0.25) is 18.9 Å². The number of halogens is 7. The number of amides is 1. The van der Waals surface area contributed by atoms with Crippen molar-refractivity contribution in [3.05, 3.63) is 93.0 Å². The number of hydrogen-bond donors (Lipinski definition) is 3. The van der Waals surface area contributed by atoms with Crippen LogP contribution in [-0.4, -0.2) is 56.3 Å². The van der Waals surface area contributed by atoms with Crippen LogP contribution in [0.3, 0.4) is 0 Å². The number of sulfonamides is 1. The van der Waals surface area contributed by atoms with E-state index in [2.05, 4.69) is 37.1 Å². The zero-order valence-electron chi connectivity index (χ0n) is 29.0. The monoisotopic (exact) mass is 805 g/mol. The summed E-state index contributed by atoms with van der Waals surface area (Å²) in [6, 6.07) is 7.47. The van der Waals surface area contributed by atoms with Crippen LogP contribution in [-0.2, 0) is 40.8 Å². The van der Waals surface area contributed by atoms with Gasteiger partial charge in [0.1, 0.15) is 41.4 Å². The number of nitrogens with zero attached hydrogens (tertiary/aromatic N) is 5. The number of pyridine rings is 1. The van der Waals surface area contributed by atoms with Crippen molar-refractivity contribution in [2.75, 3.05) is 11.0 Å². The lowest BCUT2D eigenvalue weighted by Crippen LogP contribution is -2.35. The third kappa shape index (κ3) is 7.35. The van der Waals surface area contributed by atoms with Crippen molar-refractivity contribution < 1.29 is 44.7 Å². The molecule has 3 aromatic heterocycles. The lowest BCUT2D eigenvalue weighted by Gasteiger charge is -2.23. The molecule has 1 fully saturated rings. The summed E-state index contributed by atoms with van der Waals surface area (Å²) in [7, 11) is -2.30. The van der Waals surface area contributed by atoms with E-state index in [9.17, 15) is 35.9 Å². The number of carbonyl (C=O) groups is 1. The predicted octanol–water partition coefficient (Wildman–Crippen LogP) is 6.11. The van der Waals surface area contributed by atoms with Crippen LogP contribution >= 0.6 is 11.6 Å². The van der Waals surface area contributed by atoms with Gasteiger partial charge in [0.25, 0.3) is 12.3 Å². The second-order valence-corrected chi connectivity index (χ2v) is 15.7. The van der Waals surface area contributed by atoms with Crippen LogP contribution in [0.1, 0.15) is 65.6 Å². The summed E-state index contributed by atoms with van der Waals surface area (Å²) >= 11 is 6.56.